The minimum atomic E-state index is -0.0569. The van der Waals surface area contributed by atoms with Crippen LogP contribution in [-0.2, 0) is 12.0 Å². The number of urea groups is 1. The minimum Gasteiger partial charge on any atom is -0.388 e. The Morgan fingerprint density at radius 1 is 1.14 bits per heavy atom. The van der Waals surface area contributed by atoms with E-state index in [0.717, 1.165) is 56.9 Å². The smallest absolute Gasteiger partial charge is 0.322 e. The van der Waals surface area contributed by atoms with E-state index in [2.05, 4.69) is 41.8 Å². The predicted octanol–water partition coefficient (Wildman–Crippen LogP) is 6.21. The van der Waals surface area contributed by atoms with Gasteiger partial charge in [-0.05, 0) is 89.9 Å². The lowest BCUT2D eigenvalue weighted by Crippen LogP contribution is -2.41. The van der Waals surface area contributed by atoms with E-state index in [1.54, 1.807) is 0 Å². The molecule has 5 rings (SSSR count). The number of nitrogens with zero attached hydrogens (tertiary/aromatic N) is 1. The highest BCUT2D eigenvalue weighted by Crippen LogP contribution is 2.51. The third-order valence-electron chi connectivity index (χ3n) is 7.78. The van der Waals surface area contributed by atoms with E-state index < -0.39 is 0 Å². The van der Waals surface area contributed by atoms with Crippen molar-refractivity contribution in [2.45, 2.75) is 49.5 Å². The first-order valence-electron chi connectivity index (χ1n) is 12.5. The summed E-state index contributed by atoms with van der Waals surface area (Å²) in [5, 5.41) is 20.0. The average Bonchev–Trinajstić information content (AvgIpc) is 3.52. The summed E-state index contributed by atoms with van der Waals surface area (Å²) in [5.74, 6) is 0. The highest BCUT2D eigenvalue weighted by atomic mass is 32.2. The van der Waals surface area contributed by atoms with Gasteiger partial charge in [0.1, 0.15) is 0 Å². The van der Waals surface area contributed by atoms with Crippen molar-refractivity contribution in [1.82, 2.24) is 5.32 Å². The van der Waals surface area contributed by atoms with Gasteiger partial charge in [0.2, 0.25) is 0 Å². The molecule has 0 atom stereocenters. The van der Waals surface area contributed by atoms with Gasteiger partial charge in [-0.1, -0.05) is 37.1 Å². The van der Waals surface area contributed by atoms with E-state index in [4.69, 9.17) is 10.5 Å². The topological polar surface area (TPSA) is 94.2 Å². The maximum absolute atomic E-state index is 13.4. The SMILES string of the molecule is CNc1ccc(C)c(-c2ccc3c(c2)C2(CCCC2)CN3C(=O)NCc2ccc(SN)cc2)c1C=N. The van der Waals surface area contributed by atoms with Gasteiger partial charge in [-0.25, -0.2) is 4.79 Å². The van der Waals surface area contributed by atoms with Crippen LogP contribution in [0.25, 0.3) is 11.1 Å². The van der Waals surface area contributed by atoms with Crippen LogP contribution in [0.4, 0.5) is 16.2 Å². The van der Waals surface area contributed by atoms with Gasteiger partial charge in [-0.2, -0.15) is 0 Å². The number of nitrogens with one attached hydrogen (secondary N) is 3. The van der Waals surface area contributed by atoms with Gasteiger partial charge in [-0.15, -0.1) is 0 Å². The monoisotopic (exact) mass is 499 g/mol. The molecule has 0 aromatic heterocycles. The van der Waals surface area contributed by atoms with Crippen molar-refractivity contribution >= 4 is 35.6 Å². The number of benzene rings is 3. The highest BCUT2D eigenvalue weighted by molar-refractivity contribution is 7.97. The van der Waals surface area contributed by atoms with Crippen LogP contribution in [0.2, 0.25) is 0 Å². The molecule has 0 bridgehead atoms. The molecule has 6 nitrogen and oxygen atoms in total. The summed E-state index contributed by atoms with van der Waals surface area (Å²) in [6, 6.07) is 18.5. The third kappa shape index (κ3) is 4.27. The maximum Gasteiger partial charge on any atom is 0.322 e. The standard InChI is InChI=1S/C29H33N5OS/c1-19-5-11-25(32-2)23(16-30)27(19)21-8-12-26-24(15-21)29(13-3-4-14-29)18-34(26)28(35)33-17-20-6-9-22(36-31)10-7-20/h5-12,15-16,30,32H,3-4,13-14,17-18,31H2,1-2H3,(H,33,35). The Morgan fingerprint density at radius 2 is 1.89 bits per heavy atom. The van der Waals surface area contributed by atoms with Gasteiger partial charge in [0, 0.05) is 53.6 Å². The lowest BCUT2D eigenvalue weighted by Gasteiger charge is -2.25. The molecule has 1 fully saturated rings. The van der Waals surface area contributed by atoms with Crippen LogP contribution in [0, 0.1) is 12.3 Å². The molecule has 0 radical (unpaired) electrons. The number of anilines is 2. The van der Waals surface area contributed by atoms with Crippen molar-refractivity contribution in [2.75, 3.05) is 23.8 Å². The number of nitrogens with two attached hydrogens (primary N) is 1. The second kappa shape index (κ2) is 9.99. The Hall–Kier alpha value is -3.29. The van der Waals surface area contributed by atoms with Gasteiger partial charge < -0.3 is 16.0 Å². The summed E-state index contributed by atoms with van der Waals surface area (Å²) in [7, 11) is 1.89. The number of fused-ring (bicyclic) bond motifs is 2. The van der Waals surface area contributed by atoms with Gasteiger partial charge in [0.25, 0.3) is 0 Å². The quantitative estimate of drug-likeness (QED) is 0.240. The fourth-order valence-corrected chi connectivity index (χ4v) is 6.22. The molecule has 7 heteroatoms. The Bertz CT molecular complexity index is 1300. The molecule has 1 saturated carbocycles. The van der Waals surface area contributed by atoms with E-state index >= 15 is 0 Å². The summed E-state index contributed by atoms with van der Waals surface area (Å²) >= 11 is 1.22. The second-order valence-electron chi connectivity index (χ2n) is 9.84. The fourth-order valence-electron chi connectivity index (χ4n) is 5.92. The van der Waals surface area contributed by atoms with E-state index in [1.165, 1.54) is 36.6 Å². The second-order valence-corrected chi connectivity index (χ2v) is 10.5. The van der Waals surface area contributed by atoms with Gasteiger partial charge in [0.05, 0.1) is 0 Å². The molecule has 5 N–H and O–H groups in total. The van der Waals surface area contributed by atoms with Gasteiger partial charge in [-0.3, -0.25) is 10.0 Å². The molecular formula is C29H33N5OS. The Morgan fingerprint density at radius 3 is 2.56 bits per heavy atom. The largest absolute Gasteiger partial charge is 0.388 e. The first-order valence-corrected chi connectivity index (χ1v) is 13.4. The molecule has 1 aliphatic carbocycles. The van der Waals surface area contributed by atoms with E-state index in [0.29, 0.717) is 13.1 Å². The highest BCUT2D eigenvalue weighted by Gasteiger charge is 2.46. The molecule has 3 aromatic carbocycles. The lowest BCUT2D eigenvalue weighted by molar-refractivity contribution is 0.245. The summed E-state index contributed by atoms with van der Waals surface area (Å²) in [4.78, 5) is 16.3. The summed E-state index contributed by atoms with van der Waals surface area (Å²) in [6.07, 6.45) is 6.00. The van der Waals surface area contributed by atoms with Crippen LogP contribution in [0.3, 0.4) is 0 Å². The Labute approximate surface area is 217 Å². The molecule has 3 aromatic rings. The molecule has 2 amide bonds. The van der Waals surface area contributed by atoms with Gasteiger partial charge >= 0.3 is 6.03 Å². The Kier molecular flexibility index (Phi) is 6.77. The molecular weight excluding hydrogens is 466 g/mol. The van der Waals surface area contributed by atoms with Crippen LogP contribution in [0.5, 0.6) is 0 Å². The number of amides is 2. The molecule has 1 heterocycles. The molecule has 0 unspecified atom stereocenters. The number of rotatable bonds is 6. The van der Waals surface area contributed by atoms with Crippen molar-refractivity contribution in [2.24, 2.45) is 5.14 Å². The number of hydrogen-bond donors (Lipinski definition) is 4. The molecule has 186 valence electrons. The lowest BCUT2D eigenvalue weighted by atomic mass is 9.79. The average molecular weight is 500 g/mol. The first kappa shape index (κ1) is 24.4. The van der Waals surface area contributed by atoms with Gasteiger partial charge in [0.15, 0.2) is 0 Å². The van der Waals surface area contributed by atoms with Crippen LogP contribution in [-0.4, -0.2) is 25.8 Å². The molecule has 36 heavy (non-hydrogen) atoms. The van der Waals surface area contributed by atoms with Crippen molar-refractivity contribution < 1.29 is 4.79 Å². The predicted molar refractivity (Wildman–Crippen MR) is 150 cm³/mol. The Balaban J connectivity index is 1.48. The minimum absolute atomic E-state index is 0.00203. The zero-order valence-electron chi connectivity index (χ0n) is 20.9. The molecule has 2 aliphatic rings. The van der Waals surface area contributed by atoms with Crippen molar-refractivity contribution in [1.29, 1.82) is 5.41 Å². The van der Waals surface area contributed by atoms with Crippen LogP contribution in [0.1, 0.15) is 47.9 Å². The third-order valence-corrected chi connectivity index (χ3v) is 8.33. The number of hydrogen-bond acceptors (Lipinski definition) is 5. The van der Waals surface area contributed by atoms with Crippen molar-refractivity contribution in [3.05, 3.63) is 76.9 Å². The molecule has 1 aliphatic heterocycles. The van der Waals surface area contributed by atoms with E-state index in [9.17, 15) is 4.79 Å². The summed E-state index contributed by atoms with van der Waals surface area (Å²) in [5.41, 5.74) is 8.48. The van der Waals surface area contributed by atoms with Crippen molar-refractivity contribution in [3.63, 3.8) is 0 Å². The normalized spacial score (nSPS) is 15.7. The number of carbonyl (C=O) groups is 1. The first-order chi connectivity index (χ1) is 17.5. The zero-order valence-corrected chi connectivity index (χ0v) is 21.7. The zero-order chi connectivity index (χ0) is 25.3. The van der Waals surface area contributed by atoms with E-state index in [1.807, 2.05) is 42.3 Å². The van der Waals surface area contributed by atoms with Crippen LogP contribution >= 0.6 is 11.9 Å². The molecule has 0 saturated heterocycles. The van der Waals surface area contributed by atoms with Crippen LogP contribution in [0.15, 0.2) is 59.5 Å². The number of carbonyl (C=O) groups excluding carboxylic acids is 1. The van der Waals surface area contributed by atoms with Crippen molar-refractivity contribution in [3.8, 4) is 11.1 Å². The summed E-state index contributed by atoms with van der Waals surface area (Å²) < 4.78 is 0. The van der Waals surface area contributed by atoms with E-state index in [-0.39, 0.29) is 11.4 Å². The maximum atomic E-state index is 13.4. The van der Waals surface area contributed by atoms with Crippen LogP contribution < -0.4 is 20.7 Å². The molecule has 1 spiro atoms. The number of aryl methyl sites for hydroxylation is 1. The summed E-state index contributed by atoms with van der Waals surface area (Å²) in [6.45, 7) is 3.29. The fraction of sp³-hybridized carbons (Fsp3) is 0.310.